The zero-order valence-electron chi connectivity index (χ0n) is 7.46. The van der Waals surface area contributed by atoms with Crippen molar-refractivity contribution in [3.63, 3.8) is 0 Å². The predicted molar refractivity (Wildman–Crippen MR) is 59.5 cm³/mol. The average molecular weight is 261 g/mol. The predicted octanol–water partition coefficient (Wildman–Crippen LogP) is 4.08. The van der Waals surface area contributed by atoms with Gasteiger partial charge in [-0.05, 0) is 34.7 Å². The fourth-order valence-electron chi connectivity index (χ4n) is 1.76. The summed E-state index contributed by atoms with van der Waals surface area (Å²) in [5.74, 6) is 1.81. The SMILES string of the molecule is Brc1cscc1OCC1CCCC1. The molecule has 3 heteroatoms. The van der Waals surface area contributed by atoms with Crippen LogP contribution < -0.4 is 4.74 Å². The standard InChI is InChI=1S/C10H13BrOS/c11-9-6-13-7-10(9)12-5-8-3-1-2-4-8/h6-8H,1-5H2. The van der Waals surface area contributed by atoms with E-state index in [0.717, 1.165) is 22.7 Å². The minimum atomic E-state index is 0.798. The molecule has 1 aromatic heterocycles. The lowest BCUT2D eigenvalue weighted by atomic mass is 10.1. The monoisotopic (exact) mass is 260 g/mol. The van der Waals surface area contributed by atoms with Gasteiger partial charge in [0.1, 0.15) is 5.75 Å². The lowest BCUT2D eigenvalue weighted by Crippen LogP contribution is -2.07. The fraction of sp³-hybridized carbons (Fsp3) is 0.600. The first-order valence-corrected chi connectivity index (χ1v) is 6.44. The molecule has 72 valence electrons. The van der Waals surface area contributed by atoms with Gasteiger partial charge in [0.25, 0.3) is 0 Å². The maximum atomic E-state index is 5.72. The van der Waals surface area contributed by atoms with Gasteiger partial charge in [-0.1, -0.05) is 12.8 Å². The third-order valence-corrected chi connectivity index (χ3v) is 4.18. The van der Waals surface area contributed by atoms with E-state index < -0.39 is 0 Å². The van der Waals surface area contributed by atoms with E-state index in [1.807, 2.05) is 0 Å². The summed E-state index contributed by atoms with van der Waals surface area (Å²) >= 11 is 5.14. The minimum absolute atomic E-state index is 0.798. The molecule has 0 saturated heterocycles. The molecule has 13 heavy (non-hydrogen) atoms. The Hall–Kier alpha value is -0.0200. The smallest absolute Gasteiger partial charge is 0.144 e. The minimum Gasteiger partial charge on any atom is -0.491 e. The van der Waals surface area contributed by atoms with Crippen LogP contribution in [-0.2, 0) is 0 Å². The van der Waals surface area contributed by atoms with Crippen LogP contribution >= 0.6 is 27.3 Å². The van der Waals surface area contributed by atoms with E-state index in [0.29, 0.717) is 0 Å². The van der Waals surface area contributed by atoms with Crippen molar-refractivity contribution in [3.8, 4) is 5.75 Å². The van der Waals surface area contributed by atoms with Gasteiger partial charge in [-0.15, -0.1) is 11.3 Å². The average Bonchev–Trinajstić information content (AvgIpc) is 2.72. The Kier molecular flexibility index (Phi) is 3.28. The highest BCUT2D eigenvalue weighted by atomic mass is 79.9. The van der Waals surface area contributed by atoms with Gasteiger partial charge in [0.2, 0.25) is 0 Å². The van der Waals surface area contributed by atoms with Gasteiger partial charge in [-0.2, -0.15) is 0 Å². The van der Waals surface area contributed by atoms with Crippen molar-refractivity contribution in [3.05, 3.63) is 15.2 Å². The van der Waals surface area contributed by atoms with Gasteiger partial charge in [-0.3, -0.25) is 0 Å². The zero-order chi connectivity index (χ0) is 9.10. The van der Waals surface area contributed by atoms with Crippen molar-refractivity contribution in [2.45, 2.75) is 25.7 Å². The molecule has 0 bridgehead atoms. The fourth-order valence-corrected chi connectivity index (χ4v) is 3.08. The van der Waals surface area contributed by atoms with Gasteiger partial charge < -0.3 is 4.74 Å². The molecule has 0 spiro atoms. The summed E-state index contributed by atoms with van der Waals surface area (Å²) < 4.78 is 6.82. The van der Waals surface area contributed by atoms with Crippen LogP contribution in [0.1, 0.15) is 25.7 Å². The molecular formula is C10H13BrOS. The maximum Gasteiger partial charge on any atom is 0.144 e. The van der Waals surface area contributed by atoms with Crippen molar-refractivity contribution >= 4 is 27.3 Å². The molecule has 0 aromatic carbocycles. The van der Waals surface area contributed by atoms with Gasteiger partial charge in [0.05, 0.1) is 11.1 Å². The molecule has 0 radical (unpaired) electrons. The molecule has 0 atom stereocenters. The summed E-state index contributed by atoms with van der Waals surface area (Å²) in [4.78, 5) is 0. The number of ether oxygens (including phenoxy) is 1. The Balaban J connectivity index is 1.82. The second-order valence-electron chi connectivity index (χ2n) is 3.55. The maximum absolute atomic E-state index is 5.72. The Morgan fingerprint density at radius 3 is 2.77 bits per heavy atom. The van der Waals surface area contributed by atoms with Crippen LogP contribution in [0.15, 0.2) is 15.2 Å². The quantitative estimate of drug-likeness (QED) is 0.796. The molecule has 0 unspecified atom stereocenters. The van der Waals surface area contributed by atoms with Crippen molar-refractivity contribution in [2.24, 2.45) is 5.92 Å². The van der Waals surface area contributed by atoms with Gasteiger partial charge >= 0.3 is 0 Å². The molecule has 1 aliphatic rings. The molecule has 0 amide bonds. The van der Waals surface area contributed by atoms with Crippen molar-refractivity contribution in [1.29, 1.82) is 0 Å². The summed E-state index contributed by atoms with van der Waals surface area (Å²) in [5, 5.41) is 4.11. The van der Waals surface area contributed by atoms with E-state index in [2.05, 4.69) is 26.7 Å². The number of thiophene rings is 1. The third kappa shape index (κ3) is 2.47. The van der Waals surface area contributed by atoms with Crippen molar-refractivity contribution < 1.29 is 4.74 Å². The zero-order valence-corrected chi connectivity index (χ0v) is 9.86. The number of hydrogen-bond donors (Lipinski definition) is 0. The van der Waals surface area contributed by atoms with Gasteiger partial charge in [0, 0.05) is 10.8 Å². The molecule has 0 N–H and O–H groups in total. The molecule has 1 aromatic rings. The highest BCUT2D eigenvalue weighted by Crippen LogP contribution is 2.31. The summed E-state index contributed by atoms with van der Waals surface area (Å²) in [6.07, 6.45) is 5.47. The Morgan fingerprint density at radius 2 is 2.15 bits per heavy atom. The van der Waals surface area contributed by atoms with Gasteiger partial charge in [0.15, 0.2) is 0 Å². The Labute approximate surface area is 91.2 Å². The molecular weight excluding hydrogens is 248 g/mol. The summed E-state index contributed by atoms with van der Waals surface area (Å²) in [6, 6.07) is 0. The van der Waals surface area contributed by atoms with Gasteiger partial charge in [-0.25, -0.2) is 0 Å². The topological polar surface area (TPSA) is 9.23 Å². The number of rotatable bonds is 3. The van der Waals surface area contributed by atoms with E-state index >= 15 is 0 Å². The summed E-state index contributed by atoms with van der Waals surface area (Å²) in [5.41, 5.74) is 0. The van der Waals surface area contributed by atoms with Crippen LogP contribution in [0.3, 0.4) is 0 Å². The van der Waals surface area contributed by atoms with Crippen LogP contribution in [0.2, 0.25) is 0 Å². The van der Waals surface area contributed by atoms with E-state index in [1.54, 1.807) is 11.3 Å². The van der Waals surface area contributed by atoms with E-state index in [9.17, 15) is 0 Å². The normalized spacial score (nSPS) is 17.9. The number of hydrogen-bond acceptors (Lipinski definition) is 2. The first kappa shape index (κ1) is 9.53. The number of halogens is 1. The lowest BCUT2D eigenvalue weighted by Gasteiger charge is -2.09. The Bertz CT molecular complexity index is 266. The second kappa shape index (κ2) is 4.47. The third-order valence-electron chi connectivity index (χ3n) is 2.53. The highest BCUT2D eigenvalue weighted by Gasteiger charge is 2.15. The second-order valence-corrected chi connectivity index (χ2v) is 5.14. The summed E-state index contributed by atoms with van der Waals surface area (Å²) in [6.45, 7) is 0.898. The Morgan fingerprint density at radius 1 is 1.38 bits per heavy atom. The largest absolute Gasteiger partial charge is 0.491 e. The summed E-state index contributed by atoms with van der Waals surface area (Å²) in [7, 11) is 0. The van der Waals surface area contributed by atoms with E-state index in [1.165, 1.54) is 25.7 Å². The molecule has 0 aliphatic heterocycles. The molecule has 1 nitrogen and oxygen atoms in total. The van der Waals surface area contributed by atoms with Crippen LogP contribution in [-0.4, -0.2) is 6.61 Å². The van der Waals surface area contributed by atoms with Crippen LogP contribution in [0.25, 0.3) is 0 Å². The molecule has 1 fully saturated rings. The van der Waals surface area contributed by atoms with E-state index in [4.69, 9.17) is 4.74 Å². The molecule has 2 rings (SSSR count). The first-order chi connectivity index (χ1) is 6.36. The van der Waals surface area contributed by atoms with Crippen molar-refractivity contribution in [1.82, 2.24) is 0 Å². The highest BCUT2D eigenvalue weighted by molar-refractivity contribution is 9.10. The molecule has 1 saturated carbocycles. The lowest BCUT2D eigenvalue weighted by molar-refractivity contribution is 0.252. The van der Waals surface area contributed by atoms with Crippen LogP contribution in [0.5, 0.6) is 5.75 Å². The van der Waals surface area contributed by atoms with E-state index in [-0.39, 0.29) is 0 Å². The molecule has 1 heterocycles. The first-order valence-electron chi connectivity index (χ1n) is 4.71. The molecule has 1 aliphatic carbocycles. The van der Waals surface area contributed by atoms with Crippen molar-refractivity contribution in [2.75, 3.05) is 6.61 Å². The van der Waals surface area contributed by atoms with Crippen LogP contribution in [0, 0.1) is 5.92 Å². The van der Waals surface area contributed by atoms with Crippen LogP contribution in [0.4, 0.5) is 0 Å².